The van der Waals surface area contributed by atoms with Crippen molar-refractivity contribution in [2.45, 2.75) is 26.7 Å². The number of hydrogen-bond acceptors (Lipinski definition) is 4. The van der Waals surface area contributed by atoms with Crippen LogP contribution in [0, 0.1) is 0 Å². The van der Waals surface area contributed by atoms with Crippen molar-refractivity contribution in [1.82, 2.24) is 0 Å². The van der Waals surface area contributed by atoms with Crippen LogP contribution in [0.25, 0.3) is 0 Å². The summed E-state index contributed by atoms with van der Waals surface area (Å²) in [5.74, 6) is 2.08. The van der Waals surface area contributed by atoms with E-state index in [9.17, 15) is 8.42 Å². The molecule has 0 radical (unpaired) electrons. The second-order valence-electron chi connectivity index (χ2n) is 3.54. The Morgan fingerprint density at radius 1 is 1.00 bits per heavy atom. The Labute approximate surface area is 107 Å². The Kier molecular flexibility index (Phi) is 6.50. The third-order valence-electron chi connectivity index (χ3n) is 1.96. The molecule has 1 saturated heterocycles. The fourth-order valence-corrected chi connectivity index (χ4v) is 3.13. The Hall–Kier alpha value is -0.620. The Balaban J connectivity index is 2.72. The molecule has 6 heteroatoms. The predicted molar refractivity (Wildman–Crippen MR) is 69.8 cm³/mol. The van der Waals surface area contributed by atoms with Crippen molar-refractivity contribution in [1.29, 1.82) is 0 Å². The van der Waals surface area contributed by atoms with Crippen LogP contribution in [0.2, 0.25) is 0 Å². The van der Waals surface area contributed by atoms with Gasteiger partial charge in [-0.3, -0.25) is 8.42 Å². The lowest BCUT2D eigenvalue weighted by molar-refractivity contribution is 0.0980. The maximum Gasteiger partial charge on any atom is 0.231 e. The summed E-state index contributed by atoms with van der Waals surface area (Å²) in [6.45, 7) is 4.04. The topological polar surface area (TPSA) is 52.6 Å². The summed E-state index contributed by atoms with van der Waals surface area (Å²) in [4.78, 5) is 0. The van der Waals surface area contributed by atoms with Gasteiger partial charge in [-0.15, -0.1) is 0 Å². The first kappa shape index (κ1) is 14.4. The zero-order valence-corrected chi connectivity index (χ0v) is 11.8. The van der Waals surface area contributed by atoms with Crippen LogP contribution >= 0.6 is 0 Å². The van der Waals surface area contributed by atoms with E-state index in [4.69, 9.17) is 9.47 Å². The number of ether oxygens (including phenoxy) is 2. The summed E-state index contributed by atoms with van der Waals surface area (Å²) in [7, 11) is -2.11. The van der Waals surface area contributed by atoms with Crippen molar-refractivity contribution in [3.05, 3.63) is 22.3 Å². The zero-order valence-electron chi connectivity index (χ0n) is 10.1. The summed E-state index contributed by atoms with van der Waals surface area (Å²) >= 11 is 0. The quantitative estimate of drug-likeness (QED) is 0.745. The van der Waals surface area contributed by atoms with Crippen LogP contribution in [0.1, 0.15) is 26.7 Å². The van der Waals surface area contributed by atoms with E-state index in [1.54, 1.807) is 0 Å². The van der Waals surface area contributed by atoms with E-state index in [0.29, 0.717) is 23.0 Å². The molecule has 0 aliphatic carbocycles. The molecule has 0 spiro atoms. The molecule has 0 amide bonds. The third-order valence-corrected chi connectivity index (χ3v) is 4.53. The van der Waals surface area contributed by atoms with Crippen molar-refractivity contribution >= 4 is 21.6 Å². The summed E-state index contributed by atoms with van der Waals surface area (Å²) < 4.78 is 33.5. The maximum absolute atomic E-state index is 11.6. The minimum Gasteiger partial charge on any atom is -0.453 e. The summed E-state index contributed by atoms with van der Waals surface area (Å²) in [6, 6.07) is 0. The van der Waals surface area contributed by atoms with Crippen LogP contribution in [-0.2, 0) is 31.1 Å². The number of rotatable bonds is 6. The molecule has 17 heavy (non-hydrogen) atoms. The van der Waals surface area contributed by atoms with Crippen LogP contribution in [0.15, 0.2) is 22.3 Å². The molecule has 1 aliphatic rings. The monoisotopic (exact) mass is 278 g/mol. The molecule has 0 aromatic rings. The fourth-order valence-electron chi connectivity index (χ4n) is 1.24. The second-order valence-corrected chi connectivity index (χ2v) is 6.35. The summed E-state index contributed by atoms with van der Waals surface area (Å²) in [5, 5.41) is 3.07. The standard InChI is InChI=1S/C11H18O4S2/c1-3-5-16(12)7-10-11(15-9-14-10)8-17(13)6-4-2/h7-8H,3-6,9H2,1-2H3. The van der Waals surface area contributed by atoms with Gasteiger partial charge in [0.05, 0.1) is 0 Å². The van der Waals surface area contributed by atoms with Gasteiger partial charge in [-0.25, -0.2) is 0 Å². The summed E-state index contributed by atoms with van der Waals surface area (Å²) in [6.07, 6.45) is 1.69. The summed E-state index contributed by atoms with van der Waals surface area (Å²) in [5.41, 5.74) is 0. The van der Waals surface area contributed by atoms with Gasteiger partial charge < -0.3 is 9.47 Å². The van der Waals surface area contributed by atoms with Gasteiger partial charge in [-0.05, 0) is 12.8 Å². The van der Waals surface area contributed by atoms with Gasteiger partial charge in [0.25, 0.3) is 0 Å². The highest BCUT2D eigenvalue weighted by Gasteiger charge is 2.18. The van der Waals surface area contributed by atoms with Crippen LogP contribution in [0.3, 0.4) is 0 Å². The van der Waals surface area contributed by atoms with Crippen LogP contribution in [0.4, 0.5) is 0 Å². The van der Waals surface area contributed by atoms with Gasteiger partial charge in [-0.2, -0.15) is 0 Å². The fraction of sp³-hybridized carbons (Fsp3) is 0.636. The zero-order chi connectivity index (χ0) is 12.7. The van der Waals surface area contributed by atoms with Crippen molar-refractivity contribution in [2.24, 2.45) is 0 Å². The molecular weight excluding hydrogens is 260 g/mol. The molecule has 0 bridgehead atoms. The van der Waals surface area contributed by atoms with E-state index in [2.05, 4.69) is 0 Å². The van der Waals surface area contributed by atoms with Gasteiger partial charge >= 0.3 is 0 Å². The lowest BCUT2D eigenvalue weighted by Gasteiger charge is -1.98. The first-order chi connectivity index (χ1) is 8.17. The van der Waals surface area contributed by atoms with E-state index in [1.165, 1.54) is 10.8 Å². The van der Waals surface area contributed by atoms with E-state index < -0.39 is 21.6 Å². The molecular formula is C11H18O4S2. The first-order valence-electron chi connectivity index (χ1n) is 5.61. The van der Waals surface area contributed by atoms with E-state index >= 15 is 0 Å². The average molecular weight is 278 g/mol. The predicted octanol–water partition coefficient (Wildman–Crippen LogP) is 1.99. The molecule has 98 valence electrons. The third kappa shape index (κ3) is 5.04. The van der Waals surface area contributed by atoms with E-state index in [1.807, 2.05) is 13.8 Å². The van der Waals surface area contributed by atoms with Gasteiger partial charge in [0.15, 0.2) is 11.5 Å². The van der Waals surface area contributed by atoms with Gasteiger partial charge in [-0.1, -0.05) is 13.8 Å². The van der Waals surface area contributed by atoms with Gasteiger partial charge in [0.1, 0.15) is 0 Å². The molecule has 0 N–H and O–H groups in total. The molecule has 2 atom stereocenters. The van der Waals surface area contributed by atoms with E-state index in [0.717, 1.165) is 12.8 Å². The molecule has 0 saturated carbocycles. The molecule has 0 aromatic heterocycles. The molecule has 0 aromatic carbocycles. The molecule has 1 heterocycles. The lowest BCUT2D eigenvalue weighted by atomic mass is 10.5. The highest BCUT2D eigenvalue weighted by atomic mass is 32.2. The van der Waals surface area contributed by atoms with Crippen molar-refractivity contribution in [3.8, 4) is 0 Å². The van der Waals surface area contributed by atoms with E-state index in [-0.39, 0.29) is 6.79 Å². The Morgan fingerprint density at radius 3 is 1.76 bits per heavy atom. The highest BCUT2D eigenvalue weighted by Crippen LogP contribution is 2.22. The van der Waals surface area contributed by atoms with Gasteiger partial charge in [0, 0.05) is 43.9 Å². The second kappa shape index (κ2) is 7.66. The molecule has 4 nitrogen and oxygen atoms in total. The molecule has 1 aliphatic heterocycles. The Morgan fingerprint density at radius 2 is 1.41 bits per heavy atom. The van der Waals surface area contributed by atoms with Crippen molar-refractivity contribution < 1.29 is 17.9 Å². The molecule has 2 unspecified atom stereocenters. The normalized spacial score (nSPS) is 23.4. The number of hydrogen-bond donors (Lipinski definition) is 0. The van der Waals surface area contributed by atoms with Crippen molar-refractivity contribution in [2.75, 3.05) is 18.3 Å². The van der Waals surface area contributed by atoms with Crippen molar-refractivity contribution in [3.63, 3.8) is 0 Å². The van der Waals surface area contributed by atoms with Gasteiger partial charge in [0.2, 0.25) is 6.79 Å². The van der Waals surface area contributed by atoms with Crippen LogP contribution in [-0.4, -0.2) is 26.7 Å². The highest BCUT2D eigenvalue weighted by molar-refractivity contribution is 7.88. The van der Waals surface area contributed by atoms with Crippen LogP contribution in [0.5, 0.6) is 0 Å². The SMILES string of the molecule is CCCS(=O)C=C1OCOC1=CS(=O)CCC. The largest absolute Gasteiger partial charge is 0.453 e. The first-order valence-corrected chi connectivity index (χ1v) is 8.37. The minimum atomic E-state index is -1.06. The maximum atomic E-state index is 11.6. The lowest BCUT2D eigenvalue weighted by Crippen LogP contribution is -1.96. The smallest absolute Gasteiger partial charge is 0.231 e. The molecule has 1 fully saturated rings. The average Bonchev–Trinajstić information content (AvgIpc) is 2.66. The Bertz CT molecular complexity index is 326. The van der Waals surface area contributed by atoms with Crippen LogP contribution < -0.4 is 0 Å². The minimum absolute atomic E-state index is 0.102. The molecule has 1 rings (SSSR count).